The molecule has 0 aliphatic heterocycles. The Hall–Kier alpha value is -1.02. The summed E-state index contributed by atoms with van der Waals surface area (Å²) in [7, 11) is 0. The van der Waals surface area contributed by atoms with E-state index in [0.29, 0.717) is 0 Å². The zero-order valence-electron chi connectivity index (χ0n) is 10.0. The van der Waals surface area contributed by atoms with Gasteiger partial charge in [-0.3, -0.25) is 0 Å². The third kappa shape index (κ3) is 3.86. The Morgan fingerprint density at radius 3 is 3.00 bits per heavy atom. The molecule has 1 aliphatic rings. The third-order valence-corrected chi connectivity index (χ3v) is 2.98. The molecule has 2 heteroatoms. The lowest BCUT2D eigenvalue weighted by molar-refractivity contribution is 0.313. The van der Waals surface area contributed by atoms with Crippen molar-refractivity contribution in [3.63, 3.8) is 0 Å². The van der Waals surface area contributed by atoms with Gasteiger partial charge in [0.15, 0.2) is 0 Å². The first kappa shape index (κ1) is 11.5. The van der Waals surface area contributed by atoms with Gasteiger partial charge in [0, 0.05) is 6.54 Å². The van der Waals surface area contributed by atoms with Gasteiger partial charge in [0.1, 0.15) is 12.4 Å². The van der Waals surface area contributed by atoms with E-state index in [9.17, 15) is 0 Å². The van der Waals surface area contributed by atoms with Crippen LogP contribution >= 0.6 is 0 Å². The summed E-state index contributed by atoms with van der Waals surface area (Å²) in [6.45, 7) is 5.04. The molecule has 1 fully saturated rings. The predicted molar refractivity (Wildman–Crippen MR) is 66.9 cm³/mol. The van der Waals surface area contributed by atoms with Crippen LogP contribution in [-0.2, 0) is 6.42 Å². The van der Waals surface area contributed by atoms with Crippen molar-refractivity contribution in [3.05, 3.63) is 29.8 Å². The second kappa shape index (κ2) is 5.90. The van der Waals surface area contributed by atoms with Gasteiger partial charge in [-0.15, -0.1) is 0 Å². The molecule has 0 heterocycles. The molecule has 0 aromatic heterocycles. The highest BCUT2D eigenvalue weighted by atomic mass is 16.5. The largest absolute Gasteiger partial charge is 0.492 e. The van der Waals surface area contributed by atoms with Gasteiger partial charge in [-0.2, -0.15) is 0 Å². The Labute approximate surface area is 98.0 Å². The van der Waals surface area contributed by atoms with E-state index in [2.05, 4.69) is 30.4 Å². The zero-order valence-corrected chi connectivity index (χ0v) is 10.0. The maximum atomic E-state index is 5.69. The number of ether oxygens (including phenoxy) is 1. The standard InChI is InChI=1S/C14H21NO/c1-2-12-4-3-5-14(10-12)16-9-8-15-11-13-6-7-13/h3-5,10,13,15H,2,6-9,11H2,1H3. The van der Waals surface area contributed by atoms with Crippen molar-refractivity contribution in [3.8, 4) is 5.75 Å². The summed E-state index contributed by atoms with van der Waals surface area (Å²) in [6.07, 6.45) is 3.88. The average molecular weight is 219 g/mol. The normalized spacial score (nSPS) is 15.1. The van der Waals surface area contributed by atoms with Crippen molar-refractivity contribution >= 4 is 0 Å². The highest BCUT2D eigenvalue weighted by molar-refractivity contribution is 5.28. The van der Waals surface area contributed by atoms with Crippen LogP contribution in [-0.4, -0.2) is 19.7 Å². The maximum Gasteiger partial charge on any atom is 0.119 e. The minimum atomic E-state index is 0.764. The average Bonchev–Trinajstić information content (AvgIpc) is 3.13. The maximum absolute atomic E-state index is 5.69. The molecule has 0 atom stereocenters. The van der Waals surface area contributed by atoms with Gasteiger partial charge >= 0.3 is 0 Å². The third-order valence-electron chi connectivity index (χ3n) is 2.98. The van der Waals surface area contributed by atoms with Crippen molar-refractivity contribution in [1.82, 2.24) is 5.32 Å². The molecule has 0 saturated heterocycles. The Bertz CT molecular complexity index is 320. The monoisotopic (exact) mass is 219 g/mol. The van der Waals surface area contributed by atoms with Crippen molar-refractivity contribution in [2.75, 3.05) is 19.7 Å². The molecule has 0 amide bonds. The number of rotatable bonds is 7. The highest BCUT2D eigenvalue weighted by Gasteiger charge is 2.19. The summed E-state index contributed by atoms with van der Waals surface area (Å²) in [4.78, 5) is 0. The Morgan fingerprint density at radius 1 is 1.38 bits per heavy atom. The molecular weight excluding hydrogens is 198 g/mol. The van der Waals surface area contributed by atoms with Crippen LogP contribution in [0.3, 0.4) is 0 Å². The summed E-state index contributed by atoms with van der Waals surface area (Å²) >= 11 is 0. The second-order valence-corrected chi connectivity index (χ2v) is 4.50. The van der Waals surface area contributed by atoms with Crippen LogP contribution < -0.4 is 10.1 Å². The first-order chi connectivity index (χ1) is 7.88. The lowest BCUT2D eigenvalue weighted by atomic mass is 10.2. The molecule has 1 aromatic carbocycles. The number of hydrogen-bond donors (Lipinski definition) is 1. The molecule has 1 aromatic rings. The summed E-state index contributed by atoms with van der Waals surface area (Å²) < 4.78 is 5.69. The smallest absolute Gasteiger partial charge is 0.119 e. The molecule has 88 valence electrons. The summed E-state index contributed by atoms with van der Waals surface area (Å²) in [5, 5.41) is 3.42. The molecule has 2 rings (SSSR count). The van der Waals surface area contributed by atoms with E-state index in [0.717, 1.165) is 31.2 Å². The minimum absolute atomic E-state index is 0.764. The molecule has 16 heavy (non-hydrogen) atoms. The number of nitrogens with one attached hydrogen (secondary N) is 1. The molecular formula is C14H21NO. The van der Waals surface area contributed by atoms with Crippen molar-refractivity contribution in [2.24, 2.45) is 5.92 Å². The van der Waals surface area contributed by atoms with E-state index in [4.69, 9.17) is 4.74 Å². The number of aryl methyl sites for hydroxylation is 1. The molecule has 0 radical (unpaired) electrons. The number of hydrogen-bond acceptors (Lipinski definition) is 2. The summed E-state index contributed by atoms with van der Waals surface area (Å²) in [5.41, 5.74) is 1.34. The molecule has 1 N–H and O–H groups in total. The van der Waals surface area contributed by atoms with Crippen molar-refractivity contribution in [1.29, 1.82) is 0 Å². The van der Waals surface area contributed by atoms with Gasteiger partial charge in [0.2, 0.25) is 0 Å². The van der Waals surface area contributed by atoms with Gasteiger partial charge in [-0.1, -0.05) is 19.1 Å². The van der Waals surface area contributed by atoms with Crippen LogP contribution in [0, 0.1) is 5.92 Å². The van der Waals surface area contributed by atoms with E-state index in [1.165, 1.54) is 24.9 Å². The Balaban J connectivity index is 1.63. The van der Waals surface area contributed by atoms with E-state index >= 15 is 0 Å². The van der Waals surface area contributed by atoms with Gasteiger partial charge in [-0.25, -0.2) is 0 Å². The van der Waals surface area contributed by atoms with Gasteiger partial charge in [-0.05, 0) is 49.4 Å². The van der Waals surface area contributed by atoms with Crippen molar-refractivity contribution < 1.29 is 4.74 Å². The first-order valence-electron chi connectivity index (χ1n) is 6.31. The molecule has 2 nitrogen and oxygen atoms in total. The van der Waals surface area contributed by atoms with Crippen LogP contribution in [0.5, 0.6) is 5.75 Å². The molecule has 1 aliphatic carbocycles. The van der Waals surface area contributed by atoms with E-state index in [1.54, 1.807) is 0 Å². The Morgan fingerprint density at radius 2 is 2.25 bits per heavy atom. The number of benzene rings is 1. The summed E-state index contributed by atoms with van der Waals surface area (Å²) in [5.74, 6) is 1.94. The SMILES string of the molecule is CCc1cccc(OCCNCC2CC2)c1. The van der Waals surface area contributed by atoms with Crippen LogP contribution in [0.1, 0.15) is 25.3 Å². The second-order valence-electron chi connectivity index (χ2n) is 4.50. The topological polar surface area (TPSA) is 21.3 Å². The van der Waals surface area contributed by atoms with E-state index in [1.807, 2.05) is 6.07 Å². The van der Waals surface area contributed by atoms with Crippen LogP contribution in [0.15, 0.2) is 24.3 Å². The summed E-state index contributed by atoms with van der Waals surface area (Å²) in [6, 6.07) is 8.35. The van der Waals surface area contributed by atoms with Gasteiger partial charge in [0.05, 0.1) is 0 Å². The minimum Gasteiger partial charge on any atom is -0.492 e. The van der Waals surface area contributed by atoms with E-state index < -0.39 is 0 Å². The fraction of sp³-hybridized carbons (Fsp3) is 0.571. The lowest BCUT2D eigenvalue weighted by Crippen LogP contribution is -2.23. The fourth-order valence-corrected chi connectivity index (χ4v) is 1.72. The lowest BCUT2D eigenvalue weighted by Gasteiger charge is -2.08. The predicted octanol–water partition coefficient (Wildman–Crippen LogP) is 2.63. The highest BCUT2D eigenvalue weighted by Crippen LogP contribution is 2.27. The first-order valence-corrected chi connectivity index (χ1v) is 6.31. The Kier molecular flexibility index (Phi) is 4.23. The fourth-order valence-electron chi connectivity index (χ4n) is 1.72. The van der Waals surface area contributed by atoms with Crippen LogP contribution in [0.4, 0.5) is 0 Å². The van der Waals surface area contributed by atoms with Crippen molar-refractivity contribution in [2.45, 2.75) is 26.2 Å². The van der Waals surface area contributed by atoms with E-state index in [-0.39, 0.29) is 0 Å². The van der Waals surface area contributed by atoms with Gasteiger partial charge < -0.3 is 10.1 Å². The molecule has 0 spiro atoms. The van der Waals surface area contributed by atoms with Crippen LogP contribution in [0.2, 0.25) is 0 Å². The quantitative estimate of drug-likeness (QED) is 0.712. The van der Waals surface area contributed by atoms with Crippen LogP contribution in [0.25, 0.3) is 0 Å². The van der Waals surface area contributed by atoms with Gasteiger partial charge in [0.25, 0.3) is 0 Å². The zero-order chi connectivity index (χ0) is 11.2. The molecule has 0 unspecified atom stereocenters. The molecule has 1 saturated carbocycles. The molecule has 0 bridgehead atoms.